The van der Waals surface area contributed by atoms with Gasteiger partial charge in [-0.1, -0.05) is 18.2 Å². The van der Waals surface area contributed by atoms with Gasteiger partial charge in [-0.3, -0.25) is 14.6 Å². The first-order chi connectivity index (χ1) is 13.8. The number of halogens is 3. The maximum Gasteiger partial charge on any atom is 0.418 e. The predicted molar refractivity (Wildman–Crippen MR) is 99.8 cm³/mol. The molecule has 0 atom stereocenters. The zero-order valence-electron chi connectivity index (χ0n) is 15.4. The van der Waals surface area contributed by atoms with E-state index in [1.54, 1.807) is 18.5 Å². The van der Waals surface area contributed by atoms with Crippen LogP contribution in [0.1, 0.15) is 27.3 Å². The van der Waals surface area contributed by atoms with Gasteiger partial charge in [0.2, 0.25) is 5.43 Å². The number of nitrogens with zero attached hydrogens (tertiary/aromatic N) is 3. The number of hydrogen-bond acceptors (Lipinski definition) is 4. The van der Waals surface area contributed by atoms with Gasteiger partial charge in [0.05, 0.1) is 11.3 Å². The zero-order valence-corrected chi connectivity index (χ0v) is 15.4. The number of alkyl halides is 3. The van der Waals surface area contributed by atoms with Crippen molar-refractivity contribution in [1.29, 1.82) is 0 Å². The van der Waals surface area contributed by atoms with Crippen LogP contribution in [0.3, 0.4) is 0 Å². The lowest BCUT2D eigenvalue weighted by molar-refractivity contribution is -0.137. The van der Waals surface area contributed by atoms with Crippen LogP contribution < -0.4 is 10.7 Å². The minimum atomic E-state index is -4.61. The molecule has 29 heavy (non-hydrogen) atoms. The van der Waals surface area contributed by atoms with E-state index < -0.39 is 28.8 Å². The Morgan fingerprint density at radius 1 is 1.17 bits per heavy atom. The van der Waals surface area contributed by atoms with Crippen LogP contribution in [0.2, 0.25) is 0 Å². The number of aromatic nitrogens is 3. The van der Waals surface area contributed by atoms with E-state index in [4.69, 9.17) is 0 Å². The van der Waals surface area contributed by atoms with Gasteiger partial charge < -0.3 is 5.32 Å². The Labute approximate surface area is 164 Å². The van der Waals surface area contributed by atoms with E-state index in [0.717, 1.165) is 22.4 Å². The Morgan fingerprint density at radius 3 is 2.62 bits per heavy atom. The van der Waals surface area contributed by atoms with Crippen LogP contribution in [0.5, 0.6) is 0 Å². The van der Waals surface area contributed by atoms with Crippen molar-refractivity contribution < 1.29 is 18.0 Å². The van der Waals surface area contributed by atoms with E-state index in [0.29, 0.717) is 6.42 Å². The van der Waals surface area contributed by atoms with E-state index in [1.165, 1.54) is 25.1 Å². The molecule has 2 aromatic heterocycles. The monoisotopic (exact) mass is 402 g/mol. The maximum atomic E-state index is 13.3. The van der Waals surface area contributed by atoms with Gasteiger partial charge in [0.1, 0.15) is 0 Å². The number of carbonyl (C=O) groups excluding carboxylic acids is 1. The van der Waals surface area contributed by atoms with Gasteiger partial charge in [0, 0.05) is 30.7 Å². The van der Waals surface area contributed by atoms with Crippen LogP contribution in [-0.4, -0.2) is 27.2 Å². The standard InChI is InChI=1S/C20H17F3N4O2/c1-13-11-17(28)18(19(29)25-10-8-14-5-4-9-24-12-14)26-27(13)16-7-3-2-6-15(16)20(21,22)23/h2-7,9,11-12H,8,10H2,1H3,(H,25,29). The molecular formula is C20H17F3N4O2. The highest BCUT2D eigenvalue weighted by Crippen LogP contribution is 2.33. The van der Waals surface area contributed by atoms with Gasteiger partial charge in [-0.05, 0) is 37.1 Å². The van der Waals surface area contributed by atoms with Gasteiger partial charge >= 0.3 is 6.18 Å². The molecule has 0 aliphatic carbocycles. The summed E-state index contributed by atoms with van der Waals surface area (Å²) in [7, 11) is 0. The number of pyridine rings is 1. The molecule has 3 rings (SSSR count). The van der Waals surface area contributed by atoms with E-state index in [-0.39, 0.29) is 17.9 Å². The predicted octanol–water partition coefficient (Wildman–Crippen LogP) is 2.93. The van der Waals surface area contributed by atoms with Crippen molar-refractivity contribution in [3.05, 3.63) is 87.6 Å². The van der Waals surface area contributed by atoms with Crippen LogP contribution in [-0.2, 0) is 12.6 Å². The molecule has 3 aromatic rings. The molecule has 6 nitrogen and oxygen atoms in total. The highest BCUT2D eigenvalue weighted by molar-refractivity contribution is 5.92. The lowest BCUT2D eigenvalue weighted by Crippen LogP contribution is -2.33. The third-order valence-corrected chi connectivity index (χ3v) is 4.18. The Kier molecular flexibility index (Phi) is 5.76. The number of rotatable bonds is 5. The molecule has 150 valence electrons. The molecule has 0 spiro atoms. The number of amides is 1. The molecule has 0 radical (unpaired) electrons. The van der Waals surface area contributed by atoms with Crippen molar-refractivity contribution in [3.8, 4) is 5.69 Å². The Balaban J connectivity index is 1.89. The molecule has 0 bridgehead atoms. The third-order valence-electron chi connectivity index (χ3n) is 4.18. The van der Waals surface area contributed by atoms with Crippen LogP contribution >= 0.6 is 0 Å². The van der Waals surface area contributed by atoms with E-state index in [1.807, 2.05) is 6.07 Å². The molecule has 9 heteroatoms. The second-order valence-corrected chi connectivity index (χ2v) is 6.29. The molecular weight excluding hydrogens is 385 g/mol. The maximum absolute atomic E-state index is 13.3. The first-order valence-corrected chi connectivity index (χ1v) is 8.72. The van der Waals surface area contributed by atoms with Gasteiger partial charge in [-0.15, -0.1) is 0 Å². The summed E-state index contributed by atoms with van der Waals surface area (Å²) in [4.78, 5) is 28.6. The summed E-state index contributed by atoms with van der Waals surface area (Å²) < 4.78 is 41.0. The fourth-order valence-corrected chi connectivity index (χ4v) is 2.80. The van der Waals surface area contributed by atoms with Crippen molar-refractivity contribution in [3.63, 3.8) is 0 Å². The van der Waals surface area contributed by atoms with E-state index in [2.05, 4.69) is 15.4 Å². The molecule has 0 saturated heterocycles. The number of benzene rings is 1. The van der Waals surface area contributed by atoms with Gasteiger partial charge in [-0.2, -0.15) is 18.3 Å². The van der Waals surface area contributed by atoms with Crippen molar-refractivity contribution in [2.45, 2.75) is 19.5 Å². The number of para-hydroxylation sites is 1. The summed E-state index contributed by atoms with van der Waals surface area (Å²) in [6, 6.07) is 9.53. The second kappa shape index (κ2) is 8.26. The second-order valence-electron chi connectivity index (χ2n) is 6.29. The fraction of sp³-hybridized carbons (Fsp3) is 0.200. The molecule has 2 heterocycles. The smallest absolute Gasteiger partial charge is 0.350 e. The summed E-state index contributed by atoms with van der Waals surface area (Å²) in [6.45, 7) is 1.67. The van der Waals surface area contributed by atoms with Crippen molar-refractivity contribution in [1.82, 2.24) is 20.1 Å². The highest BCUT2D eigenvalue weighted by Gasteiger charge is 2.34. The Morgan fingerprint density at radius 2 is 1.93 bits per heavy atom. The first kappa shape index (κ1) is 20.2. The van der Waals surface area contributed by atoms with Crippen molar-refractivity contribution in [2.75, 3.05) is 6.54 Å². The number of aryl methyl sites for hydroxylation is 1. The number of nitrogens with one attached hydrogen (secondary N) is 1. The SMILES string of the molecule is Cc1cc(=O)c(C(=O)NCCc2cccnc2)nn1-c1ccccc1C(F)(F)F. The molecule has 0 aliphatic heterocycles. The minimum Gasteiger partial charge on any atom is -0.350 e. The van der Waals surface area contributed by atoms with E-state index >= 15 is 0 Å². The molecule has 1 N–H and O–H groups in total. The summed E-state index contributed by atoms with van der Waals surface area (Å²) in [5.41, 5.74) is -1.25. The molecule has 0 saturated carbocycles. The van der Waals surface area contributed by atoms with E-state index in [9.17, 15) is 22.8 Å². The van der Waals surface area contributed by atoms with Gasteiger partial charge in [0.15, 0.2) is 5.69 Å². The largest absolute Gasteiger partial charge is 0.418 e. The molecule has 1 amide bonds. The average Bonchev–Trinajstić information content (AvgIpc) is 2.68. The van der Waals surface area contributed by atoms with Crippen molar-refractivity contribution >= 4 is 5.91 Å². The zero-order chi connectivity index (χ0) is 21.0. The van der Waals surface area contributed by atoms with Gasteiger partial charge in [-0.25, -0.2) is 4.68 Å². The Hall–Kier alpha value is -3.49. The minimum absolute atomic E-state index is 0.179. The Bertz CT molecular complexity index is 1080. The number of carbonyl (C=O) groups is 1. The van der Waals surface area contributed by atoms with Crippen LogP contribution in [0, 0.1) is 6.92 Å². The molecule has 0 unspecified atom stereocenters. The summed E-state index contributed by atoms with van der Waals surface area (Å²) >= 11 is 0. The van der Waals surface area contributed by atoms with Crippen molar-refractivity contribution in [2.24, 2.45) is 0 Å². The number of hydrogen-bond donors (Lipinski definition) is 1. The summed E-state index contributed by atoms with van der Waals surface area (Å²) in [5.74, 6) is -0.753. The lowest BCUT2D eigenvalue weighted by atomic mass is 10.1. The van der Waals surface area contributed by atoms with Gasteiger partial charge in [0.25, 0.3) is 5.91 Å². The average molecular weight is 402 g/mol. The van der Waals surface area contributed by atoms with Crippen LogP contribution in [0.25, 0.3) is 5.69 Å². The summed E-state index contributed by atoms with van der Waals surface area (Å²) in [5, 5.41) is 6.49. The quantitative estimate of drug-likeness (QED) is 0.712. The molecule has 0 aliphatic rings. The molecule has 1 aromatic carbocycles. The highest BCUT2D eigenvalue weighted by atomic mass is 19.4. The lowest BCUT2D eigenvalue weighted by Gasteiger charge is -2.16. The first-order valence-electron chi connectivity index (χ1n) is 8.72. The van der Waals surface area contributed by atoms with Crippen LogP contribution in [0.4, 0.5) is 13.2 Å². The normalized spacial score (nSPS) is 11.3. The molecule has 0 fully saturated rings. The van der Waals surface area contributed by atoms with Crippen LogP contribution in [0.15, 0.2) is 59.7 Å². The summed E-state index contributed by atoms with van der Waals surface area (Å²) in [6.07, 6.45) is -0.854. The fourth-order valence-electron chi connectivity index (χ4n) is 2.80. The third kappa shape index (κ3) is 4.68. The topological polar surface area (TPSA) is 76.9 Å².